The number of nitrogens with zero attached hydrogens (tertiary/aromatic N) is 1. The van der Waals surface area contributed by atoms with Gasteiger partial charge in [-0.1, -0.05) is 0 Å². The number of hydrogen-bond donors (Lipinski definition) is 0. The second kappa shape index (κ2) is 4.20. The van der Waals surface area contributed by atoms with Crippen molar-refractivity contribution in [2.75, 3.05) is 0 Å². The van der Waals surface area contributed by atoms with Crippen LogP contribution in [-0.2, 0) is 0 Å². The molecule has 0 radical (unpaired) electrons. The number of ether oxygens (including phenoxy) is 1. The van der Waals surface area contributed by atoms with Crippen molar-refractivity contribution in [2.24, 2.45) is 0 Å². The molecule has 0 saturated heterocycles. The van der Waals surface area contributed by atoms with Crippen molar-refractivity contribution in [3.63, 3.8) is 0 Å². The lowest BCUT2D eigenvalue weighted by molar-refractivity contribution is -0.387. The van der Waals surface area contributed by atoms with Crippen molar-refractivity contribution < 1.29 is 18.4 Å². The molecule has 0 heterocycles. The van der Waals surface area contributed by atoms with Crippen LogP contribution in [0.1, 0.15) is 13.8 Å². The number of benzene rings is 1. The summed E-state index contributed by atoms with van der Waals surface area (Å²) in [6.45, 7) is 3.27. The zero-order valence-corrected chi connectivity index (χ0v) is 8.16. The Hall–Kier alpha value is -1.72. The molecule has 0 bridgehead atoms. The largest absolute Gasteiger partial charge is 0.488 e. The first-order valence-electron chi connectivity index (χ1n) is 4.22. The maximum atomic E-state index is 13.1. The highest BCUT2D eigenvalue weighted by Gasteiger charge is 2.19. The van der Waals surface area contributed by atoms with Crippen LogP contribution in [-0.4, -0.2) is 11.0 Å². The van der Waals surface area contributed by atoms with Crippen molar-refractivity contribution in [2.45, 2.75) is 20.0 Å². The van der Waals surface area contributed by atoms with Crippen molar-refractivity contribution in [3.05, 3.63) is 33.9 Å². The minimum Gasteiger partial charge on any atom is -0.488 e. The third kappa shape index (κ3) is 2.61. The predicted molar refractivity (Wildman–Crippen MR) is 48.8 cm³/mol. The van der Waals surface area contributed by atoms with E-state index in [9.17, 15) is 18.9 Å². The summed E-state index contributed by atoms with van der Waals surface area (Å²) in [5.41, 5.74) is -0.799. The third-order valence-corrected chi connectivity index (χ3v) is 1.56. The molecule has 0 spiro atoms. The van der Waals surface area contributed by atoms with Gasteiger partial charge in [-0.25, -0.2) is 4.39 Å². The van der Waals surface area contributed by atoms with Gasteiger partial charge in [-0.15, -0.1) is 0 Å². The molecule has 0 fully saturated rings. The van der Waals surface area contributed by atoms with Gasteiger partial charge in [0.05, 0.1) is 17.1 Å². The average molecular weight is 217 g/mol. The third-order valence-electron chi connectivity index (χ3n) is 1.56. The maximum Gasteiger partial charge on any atom is 0.308 e. The Balaban J connectivity index is 3.17. The lowest BCUT2D eigenvalue weighted by Gasteiger charge is -2.10. The Morgan fingerprint density at radius 2 is 1.93 bits per heavy atom. The number of rotatable bonds is 3. The molecule has 4 nitrogen and oxygen atoms in total. The van der Waals surface area contributed by atoms with Crippen LogP contribution in [0.15, 0.2) is 12.1 Å². The monoisotopic (exact) mass is 217 g/mol. The maximum absolute atomic E-state index is 13.1. The molecule has 1 aromatic rings. The Morgan fingerprint density at radius 3 is 2.40 bits per heavy atom. The molecule has 0 amide bonds. The second-order valence-electron chi connectivity index (χ2n) is 3.16. The molecule has 1 rings (SSSR count). The zero-order valence-electron chi connectivity index (χ0n) is 8.16. The van der Waals surface area contributed by atoms with Crippen LogP contribution in [0.2, 0.25) is 0 Å². The van der Waals surface area contributed by atoms with E-state index in [2.05, 4.69) is 0 Å². The van der Waals surface area contributed by atoms with Gasteiger partial charge in [0.25, 0.3) is 0 Å². The fraction of sp³-hybridized carbons (Fsp3) is 0.333. The van der Waals surface area contributed by atoms with Crippen LogP contribution < -0.4 is 4.74 Å². The van der Waals surface area contributed by atoms with E-state index in [1.165, 1.54) is 0 Å². The van der Waals surface area contributed by atoms with Gasteiger partial charge in [-0.3, -0.25) is 10.1 Å². The molecular formula is C9H9F2NO3. The highest BCUT2D eigenvalue weighted by atomic mass is 19.1. The molecule has 0 aliphatic heterocycles. The molecule has 0 N–H and O–H groups in total. The van der Waals surface area contributed by atoms with Gasteiger partial charge in [0, 0.05) is 6.07 Å². The Kier molecular flexibility index (Phi) is 3.18. The van der Waals surface area contributed by atoms with E-state index >= 15 is 0 Å². The summed E-state index contributed by atoms with van der Waals surface area (Å²) in [4.78, 5) is 9.43. The molecule has 82 valence electrons. The van der Waals surface area contributed by atoms with E-state index in [0.29, 0.717) is 6.07 Å². The number of halogens is 2. The summed E-state index contributed by atoms with van der Waals surface area (Å²) in [5.74, 6) is -2.49. The first-order valence-corrected chi connectivity index (χ1v) is 4.22. The number of hydrogen-bond acceptors (Lipinski definition) is 3. The summed E-state index contributed by atoms with van der Waals surface area (Å²) in [6, 6.07) is 1.18. The zero-order chi connectivity index (χ0) is 11.6. The second-order valence-corrected chi connectivity index (χ2v) is 3.16. The molecule has 0 aliphatic rings. The summed E-state index contributed by atoms with van der Waals surface area (Å²) < 4.78 is 30.9. The average Bonchev–Trinajstić information content (AvgIpc) is 2.08. The Morgan fingerprint density at radius 1 is 1.33 bits per heavy atom. The van der Waals surface area contributed by atoms with Gasteiger partial charge in [0.2, 0.25) is 5.82 Å². The van der Waals surface area contributed by atoms with Crippen molar-refractivity contribution >= 4 is 5.69 Å². The Labute approximate surface area is 84.6 Å². The van der Waals surface area contributed by atoms with Crippen LogP contribution in [0.3, 0.4) is 0 Å². The molecule has 0 aliphatic carbocycles. The molecule has 15 heavy (non-hydrogen) atoms. The fourth-order valence-corrected chi connectivity index (χ4v) is 1.00. The summed E-state index contributed by atoms with van der Waals surface area (Å²) in [7, 11) is 0. The molecule has 0 aromatic heterocycles. The van der Waals surface area contributed by atoms with E-state index in [4.69, 9.17) is 4.74 Å². The van der Waals surface area contributed by atoms with Gasteiger partial charge < -0.3 is 4.74 Å². The molecule has 0 atom stereocenters. The van der Waals surface area contributed by atoms with Gasteiger partial charge >= 0.3 is 5.69 Å². The van der Waals surface area contributed by atoms with E-state index in [1.54, 1.807) is 13.8 Å². The smallest absolute Gasteiger partial charge is 0.308 e. The summed E-state index contributed by atoms with van der Waals surface area (Å²) >= 11 is 0. The number of nitro groups is 1. The fourth-order valence-electron chi connectivity index (χ4n) is 1.00. The van der Waals surface area contributed by atoms with E-state index in [0.717, 1.165) is 6.07 Å². The summed E-state index contributed by atoms with van der Waals surface area (Å²) in [5, 5.41) is 10.4. The van der Waals surface area contributed by atoms with Crippen LogP contribution in [0.25, 0.3) is 0 Å². The quantitative estimate of drug-likeness (QED) is 0.577. The minimum absolute atomic E-state index is 0.321. The van der Waals surface area contributed by atoms with Gasteiger partial charge in [-0.05, 0) is 13.8 Å². The van der Waals surface area contributed by atoms with Crippen LogP contribution in [0.5, 0.6) is 5.75 Å². The van der Waals surface area contributed by atoms with E-state index in [-0.39, 0.29) is 11.9 Å². The highest BCUT2D eigenvalue weighted by molar-refractivity contribution is 5.40. The SMILES string of the molecule is CC(C)Oc1cc([N+](=O)[O-])c(F)cc1F. The molecular weight excluding hydrogens is 208 g/mol. The van der Waals surface area contributed by atoms with Gasteiger partial charge in [0.15, 0.2) is 11.6 Å². The van der Waals surface area contributed by atoms with Crippen molar-refractivity contribution in [1.29, 1.82) is 0 Å². The minimum atomic E-state index is -1.21. The lowest BCUT2D eigenvalue weighted by Crippen LogP contribution is -2.08. The molecule has 0 saturated carbocycles. The lowest BCUT2D eigenvalue weighted by atomic mass is 10.2. The number of nitro benzene ring substituents is 1. The first-order chi connectivity index (χ1) is 6.91. The molecule has 6 heteroatoms. The predicted octanol–water partition coefficient (Wildman–Crippen LogP) is 2.66. The molecule has 0 unspecified atom stereocenters. The topological polar surface area (TPSA) is 52.4 Å². The standard InChI is InChI=1S/C9H9F2NO3/c1-5(2)15-9-4-8(12(13)14)6(10)3-7(9)11/h3-5H,1-2H3. The van der Waals surface area contributed by atoms with Gasteiger partial charge in [-0.2, -0.15) is 4.39 Å². The summed E-state index contributed by atoms with van der Waals surface area (Å²) in [6.07, 6.45) is -0.343. The van der Waals surface area contributed by atoms with Crippen LogP contribution in [0, 0.1) is 21.7 Å². The highest BCUT2D eigenvalue weighted by Crippen LogP contribution is 2.27. The van der Waals surface area contributed by atoms with Crippen LogP contribution >= 0.6 is 0 Å². The van der Waals surface area contributed by atoms with Gasteiger partial charge in [0.1, 0.15) is 0 Å². The van der Waals surface area contributed by atoms with Crippen molar-refractivity contribution in [1.82, 2.24) is 0 Å². The van der Waals surface area contributed by atoms with Crippen molar-refractivity contribution in [3.8, 4) is 5.75 Å². The van der Waals surface area contributed by atoms with E-state index < -0.39 is 22.2 Å². The van der Waals surface area contributed by atoms with Crippen LogP contribution in [0.4, 0.5) is 14.5 Å². The van der Waals surface area contributed by atoms with E-state index in [1.807, 2.05) is 0 Å². The normalized spacial score (nSPS) is 10.5. The first kappa shape index (κ1) is 11.4. The Bertz CT molecular complexity index is 393. The molecule has 1 aromatic carbocycles.